The summed E-state index contributed by atoms with van der Waals surface area (Å²) in [6.45, 7) is 0.579. The molecule has 7 heteroatoms. The van der Waals surface area contributed by atoms with Gasteiger partial charge in [-0.15, -0.1) is 0 Å². The number of carbonyl (C=O) groups is 1. The van der Waals surface area contributed by atoms with Crippen molar-refractivity contribution in [3.8, 4) is 11.8 Å². The van der Waals surface area contributed by atoms with Crippen molar-refractivity contribution in [3.05, 3.63) is 70.7 Å². The first-order chi connectivity index (χ1) is 13.7. The molecule has 3 aromatic rings. The summed E-state index contributed by atoms with van der Waals surface area (Å²) in [5.41, 5.74) is 2.06. The first-order valence-corrected chi connectivity index (χ1v) is 8.70. The first-order valence-electron chi connectivity index (χ1n) is 8.70. The van der Waals surface area contributed by atoms with Gasteiger partial charge in [0.25, 0.3) is 0 Å². The van der Waals surface area contributed by atoms with Gasteiger partial charge in [-0.25, -0.2) is 9.59 Å². The Hall–Kier alpha value is -3.79. The normalized spacial score (nSPS) is 10.8. The van der Waals surface area contributed by atoms with E-state index < -0.39 is 11.7 Å². The summed E-state index contributed by atoms with van der Waals surface area (Å²) in [4.78, 5) is 23.7. The van der Waals surface area contributed by atoms with Gasteiger partial charge >= 0.3 is 11.7 Å². The van der Waals surface area contributed by atoms with Crippen molar-refractivity contribution in [3.63, 3.8) is 0 Å². The smallest absolute Gasteiger partial charge is 0.419 e. The summed E-state index contributed by atoms with van der Waals surface area (Å²) >= 11 is 0. The van der Waals surface area contributed by atoms with Crippen LogP contribution in [0, 0.1) is 11.3 Å². The van der Waals surface area contributed by atoms with Gasteiger partial charge in [0, 0.05) is 12.6 Å². The molecule has 3 rings (SSSR count). The molecule has 7 nitrogen and oxygen atoms in total. The minimum atomic E-state index is -0.464. The first kappa shape index (κ1) is 19.0. The topological polar surface area (TPSA) is 94.5 Å². The van der Waals surface area contributed by atoms with Crippen LogP contribution in [0.1, 0.15) is 12.0 Å². The van der Waals surface area contributed by atoms with Crippen LogP contribution in [0.15, 0.2) is 63.8 Å². The van der Waals surface area contributed by atoms with Gasteiger partial charge in [-0.3, -0.25) is 4.57 Å². The zero-order valence-corrected chi connectivity index (χ0v) is 15.0. The standard InChI is InChI=1S/C21H18N2O5/c22-12-15-26-17-9-6-16(7-10-17)8-11-20(24)27-14-3-13-23-18-4-1-2-5-19(18)28-21(23)25/h1-2,4-11H,3,13-15H2/b11-8+. The Bertz CT molecular complexity index is 1070. The highest BCUT2D eigenvalue weighted by atomic mass is 16.5. The Balaban J connectivity index is 1.45. The molecule has 0 bridgehead atoms. The molecule has 0 unspecified atom stereocenters. The van der Waals surface area contributed by atoms with Crippen molar-refractivity contribution in [2.24, 2.45) is 0 Å². The highest BCUT2D eigenvalue weighted by molar-refractivity contribution is 5.87. The molecule has 0 amide bonds. The number of rotatable bonds is 8. The number of ether oxygens (including phenoxy) is 2. The molecule has 0 saturated heterocycles. The van der Waals surface area contributed by atoms with Gasteiger partial charge in [-0.2, -0.15) is 5.26 Å². The summed E-state index contributed by atoms with van der Waals surface area (Å²) in [6.07, 6.45) is 3.46. The van der Waals surface area contributed by atoms with Gasteiger partial charge in [0.1, 0.15) is 11.8 Å². The Morgan fingerprint density at radius 2 is 1.96 bits per heavy atom. The molecule has 0 radical (unpaired) electrons. The van der Waals surface area contributed by atoms with Crippen LogP contribution in [0.3, 0.4) is 0 Å². The number of hydrogen-bond donors (Lipinski definition) is 0. The van der Waals surface area contributed by atoms with Crippen LogP contribution in [-0.4, -0.2) is 23.8 Å². The van der Waals surface area contributed by atoms with E-state index in [9.17, 15) is 9.59 Å². The van der Waals surface area contributed by atoms with Gasteiger partial charge in [0.15, 0.2) is 12.2 Å². The highest BCUT2D eigenvalue weighted by Gasteiger charge is 2.08. The third-order valence-electron chi connectivity index (χ3n) is 3.94. The number of hydrogen-bond acceptors (Lipinski definition) is 6. The Labute approximate surface area is 161 Å². The van der Waals surface area contributed by atoms with Crippen LogP contribution in [0.4, 0.5) is 0 Å². The predicted octanol–water partition coefficient (Wildman–Crippen LogP) is 3.14. The number of esters is 1. The van der Waals surface area contributed by atoms with Gasteiger partial charge in [0.05, 0.1) is 12.1 Å². The van der Waals surface area contributed by atoms with Crippen LogP contribution in [0.2, 0.25) is 0 Å². The molecule has 0 aliphatic carbocycles. The molecule has 1 heterocycles. The molecule has 28 heavy (non-hydrogen) atoms. The minimum Gasteiger partial charge on any atom is -0.479 e. The van der Waals surface area contributed by atoms with Gasteiger partial charge in [0.2, 0.25) is 0 Å². The lowest BCUT2D eigenvalue weighted by Gasteiger charge is -2.03. The second-order valence-electron chi connectivity index (χ2n) is 5.86. The molecule has 0 fully saturated rings. The molecule has 1 aromatic heterocycles. The Morgan fingerprint density at radius 3 is 2.75 bits per heavy atom. The molecule has 0 aliphatic rings. The van der Waals surface area contributed by atoms with Gasteiger partial charge in [-0.1, -0.05) is 24.3 Å². The second kappa shape index (κ2) is 9.24. The fraction of sp³-hybridized carbons (Fsp3) is 0.190. The largest absolute Gasteiger partial charge is 0.479 e. The summed E-state index contributed by atoms with van der Waals surface area (Å²) in [5, 5.41) is 8.47. The average molecular weight is 378 g/mol. The number of oxazole rings is 1. The highest BCUT2D eigenvalue weighted by Crippen LogP contribution is 2.13. The van der Waals surface area contributed by atoms with E-state index in [0.29, 0.717) is 24.3 Å². The van der Waals surface area contributed by atoms with Crippen LogP contribution in [0.25, 0.3) is 17.2 Å². The van der Waals surface area contributed by atoms with Crippen molar-refractivity contribution in [2.75, 3.05) is 13.2 Å². The number of nitriles is 1. The maximum Gasteiger partial charge on any atom is 0.419 e. The molecule has 0 aliphatic heterocycles. The number of nitrogens with zero attached hydrogens (tertiary/aromatic N) is 2. The Kier molecular flexibility index (Phi) is 6.26. The van der Waals surface area contributed by atoms with Crippen LogP contribution < -0.4 is 10.5 Å². The molecule has 0 N–H and O–H groups in total. The molecular weight excluding hydrogens is 360 g/mol. The zero-order valence-electron chi connectivity index (χ0n) is 15.0. The molecule has 2 aromatic carbocycles. The fourth-order valence-corrected chi connectivity index (χ4v) is 2.62. The minimum absolute atomic E-state index is 0.0117. The number of fused-ring (bicyclic) bond motifs is 1. The van der Waals surface area contributed by atoms with Crippen molar-refractivity contribution in [1.82, 2.24) is 4.57 Å². The van der Waals surface area contributed by atoms with E-state index in [1.54, 1.807) is 42.5 Å². The van der Waals surface area contributed by atoms with Crippen LogP contribution in [0.5, 0.6) is 5.75 Å². The summed E-state index contributed by atoms with van der Waals surface area (Å²) in [6, 6.07) is 16.1. The summed E-state index contributed by atoms with van der Waals surface area (Å²) in [5.74, 6) is -0.299. The van der Waals surface area contributed by atoms with E-state index in [4.69, 9.17) is 19.2 Å². The van der Waals surface area contributed by atoms with Crippen LogP contribution in [-0.2, 0) is 16.1 Å². The van der Waals surface area contributed by atoms with E-state index in [1.807, 2.05) is 18.2 Å². The third kappa shape index (κ3) is 4.89. The molecular formula is C21H18N2O5. The van der Waals surface area contributed by atoms with Crippen molar-refractivity contribution in [2.45, 2.75) is 13.0 Å². The maximum absolute atomic E-state index is 11.9. The van der Waals surface area contributed by atoms with Crippen molar-refractivity contribution < 1.29 is 18.7 Å². The Morgan fingerprint density at radius 1 is 1.18 bits per heavy atom. The predicted molar refractivity (Wildman–Crippen MR) is 103 cm³/mol. The average Bonchev–Trinajstić information content (AvgIpc) is 3.04. The van der Waals surface area contributed by atoms with Crippen LogP contribution >= 0.6 is 0 Å². The quantitative estimate of drug-likeness (QED) is 0.339. The molecule has 0 atom stereocenters. The van der Waals surface area contributed by atoms with E-state index in [2.05, 4.69) is 0 Å². The van der Waals surface area contributed by atoms with Crippen molar-refractivity contribution in [1.29, 1.82) is 5.26 Å². The third-order valence-corrected chi connectivity index (χ3v) is 3.94. The molecule has 142 valence electrons. The molecule has 0 spiro atoms. The fourth-order valence-electron chi connectivity index (χ4n) is 2.62. The maximum atomic E-state index is 11.9. The summed E-state index contributed by atoms with van der Waals surface area (Å²) < 4.78 is 17.0. The van der Waals surface area contributed by atoms with E-state index in [0.717, 1.165) is 11.1 Å². The van der Waals surface area contributed by atoms with E-state index in [-0.39, 0.29) is 13.2 Å². The van der Waals surface area contributed by atoms with Crippen molar-refractivity contribution >= 4 is 23.1 Å². The van der Waals surface area contributed by atoms with Gasteiger partial charge < -0.3 is 13.9 Å². The monoisotopic (exact) mass is 378 g/mol. The number of benzene rings is 2. The lowest BCUT2D eigenvalue weighted by Crippen LogP contribution is -2.15. The van der Waals surface area contributed by atoms with E-state index in [1.165, 1.54) is 10.6 Å². The number of aromatic nitrogens is 1. The van der Waals surface area contributed by atoms with Gasteiger partial charge in [-0.05, 0) is 42.3 Å². The molecule has 0 saturated carbocycles. The lowest BCUT2D eigenvalue weighted by atomic mass is 10.2. The number of para-hydroxylation sites is 2. The summed E-state index contributed by atoms with van der Waals surface area (Å²) in [7, 11) is 0. The van der Waals surface area contributed by atoms with E-state index >= 15 is 0 Å². The lowest BCUT2D eigenvalue weighted by molar-refractivity contribution is -0.137. The zero-order chi connectivity index (χ0) is 19.8. The number of aryl methyl sites for hydroxylation is 1. The number of carbonyl (C=O) groups excluding carboxylic acids is 1. The SMILES string of the molecule is N#CCOc1ccc(/C=C/C(=O)OCCCn2c(=O)oc3ccccc32)cc1. The second-order valence-corrected chi connectivity index (χ2v) is 5.86.